The zero-order valence-electron chi connectivity index (χ0n) is 11.5. The van der Waals surface area contributed by atoms with Crippen molar-refractivity contribution in [2.45, 2.75) is 20.3 Å². The minimum Gasteiger partial charge on any atom is -0.466 e. The zero-order chi connectivity index (χ0) is 14.0. The van der Waals surface area contributed by atoms with E-state index in [-0.39, 0.29) is 24.4 Å². The molecule has 18 heavy (non-hydrogen) atoms. The van der Waals surface area contributed by atoms with Crippen LogP contribution in [0.5, 0.6) is 0 Å². The predicted molar refractivity (Wildman–Crippen MR) is 69.1 cm³/mol. The Bertz CT molecular complexity index is 278. The minimum absolute atomic E-state index is 0.168. The number of hydrogen-bond acceptors (Lipinski definition) is 5. The van der Waals surface area contributed by atoms with Gasteiger partial charge in [0.05, 0.1) is 25.7 Å². The number of carbonyl (C=O) groups is 2. The first-order valence-electron chi connectivity index (χ1n) is 6.16. The highest BCUT2D eigenvalue weighted by Crippen LogP contribution is 2.08. The molecule has 1 atom stereocenters. The Balaban J connectivity index is 4.26. The van der Waals surface area contributed by atoms with Gasteiger partial charge in [0.2, 0.25) is 0 Å². The van der Waals surface area contributed by atoms with Gasteiger partial charge in [0.15, 0.2) is 0 Å². The normalized spacial score (nSPS) is 12.0. The fourth-order valence-corrected chi connectivity index (χ4v) is 1.57. The molecular weight excluding hydrogens is 234 g/mol. The van der Waals surface area contributed by atoms with Crippen molar-refractivity contribution in [1.82, 2.24) is 4.90 Å². The maximum atomic E-state index is 11.7. The third-order valence-electron chi connectivity index (χ3n) is 2.31. The summed E-state index contributed by atoms with van der Waals surface area (Å²) in [4.78, 5) is 24.7. The number of carbonyl (C=O) groups excluding carboxylic acids is 2. The van der Waals surface area contributed by atoms with Crippen molar-refractivity contribution in [3.8, 4) is 0 Å². The quantitative estimate of drug-likeness (QED) is 0.459. The molecule has 0 aromatic rings. The van der Waals surface area contributed by atoms with Crippen LogP contribution in [0.2, 0.25) is 0 Å². The summed E-state index contributed by atoms with van der Waals surface area (Å²) in [5, 5.41) is 0. The second-order valence-corrected chi connectivity index (χ2v) is 3.98. The van der Waals surface area contributed by atoms with E-state index in [0.717, 1.165) is 0 Å². The Labute approximate surface area is 109 Å². The van der Waals surface area contributed by atoms with Gasteiger partial charge >= 0.3 is 11.9 Å². The maximum Gasteiger partial charge on any atom is 0.320 e. The van der Waals surface area contributed by atoms with Crippen molar-refractivity contribution >= 4 is 11.9 Å². The topological polar surface area (TPSA) is 55.8 Å². The molecule has 0 aliphatic heterocycles. The van der Waals surface area contributed by atoms with Crippen LogP contribution in [0.25, 0.3) is 0 Å². The summed E-state index contributed by atoms with van der Waals surface area (Å²) in [6, 6.07) is 0. The van der Waals surface area contributed by atoms with Gasteiger partial charge in [-0.25, -0.2) is 0 Å². The van der Waals surface area contributed by atoms with E-state index < -0.39 is 0 Å². The summed E-state index contributed by atoms with van der Waals surface area (Å²) in [5.41, 5.74) is 0. The molecule has 0 spiro atoms. The molecule has 5 heteroatoms. The molecule has 0 aromatic carbocycles. The fourth-order valence-electron chi connectivity index (χ4n) is 1.57. The molecule has 104 valence electrons. The third-order valence-corrected chi connectivity index (χ3v) is 2.31. The first kappa shape index (κ1) is 16.6. The molecule has 0 saturated heterocycles. The van der Waals surface area contributed by atoms with Crippen LogP contribution in [0.4, 0.5) is 0 Å². The van der Waals surface area contributed by atoms with Crippen LogP contribution in [0, 0.1) is 5.92 Å². The van der Waals surface area contributed by atoms with Gasteiger partial charge in [-0.05, 0) is 27.3 Å². The highest BCUT2D eigenvalue weighted by Gasteiger charge is 2.21. The average molecular weight is 257 g/mol. The molecule has 0 aliphatic rings. The Morgan fingerprint density at radius 3 is 2.39 bits per heavy atom. The van der Waals surface area contributed by atoms with Gasteiger partial charge in [0.25, 0.3) is 0 Å². The van der Waals surface area contributed by atoms with E-state index in [1.54, 1.807) is 31.9 Å². The second kappa shape index (κ2) is 9.65. The largest absolute Gasteiger partial charge is 0.466 e. The zero-order valence-corrected chi connectivity index (χ0v) is 11.5. The summed E-state index contributed by atoms with van der Waals surface area (Å²) in [7, 11) is 1.77. The van der Waals surface area contributed by atoms with Gasteiger partial charge < -0.3 is 9.47 Å². The lowest BCUT2D eigenvalue weighted by atomic mass is 10.1. The standard InChI is InChI=1S/C13H23NO4/c1-5-8-11(13(16)18-7-3)9-14(4)10-12(15)17-6-2/h5,11H,1,6-10H2,2-4H3/t11-/m0/s1. The Morgan fingerprint density at radius 1 is 1.28 bits per heavy atom. The summed E-state index contributed by atoms with van der Waals surface area (Å²) in [6.45, 7) is 8.49. The third kappa shape index (κ3) is 7.06. The van der Waals surface area contributed by atoms with Crippen molar-refractivity contribution in [3.63, 3.8) is 0 Å². The number of ether oxygens (including phenoxy) is 2. The molecule has 0 bridgehead atoms. The van der Waals surface area contributed by atoms with E-state index in [4.69, 9.17) is 9.47 Å². The average Bonchev–Trinajstić information content (AvgIpc) is 2.28. The molecule has 0 amide bonds. The van der Waals surface area contributed by atoms with Crippen LogP contribution in [-0.2, 0) is 19.1 Å². The molecule has 0 fully saturated rings. The summed E-state index contributed by atoms with van der Waals surface area (Å²) < 4.78 is 9.83. The molecule has 0 radical (unpaired) electrons. The maximum absolute atomic E-state index is 11.7. The number of esters is 2. The van der Waals surface area contributed by atoms with Crippen molar-refractivity contribution in [2.24, 2.45) is 5.92 Å². The predicted octanol–water partition coefficient (Wildman–Crippen LogP) is 1.24. The molecule has 0 aromatic heterocycles. The van der Waals surface area contributed by atoms with Gasteiger partial charge in [0, 0.05) is 6.54 Å². The van der Waals surface area contributed by atoms with Gasteiger partial charge in [0.1, 0.15) is 0 Å². The lowest BCUT2D eigenvalue weighted by Gasteiger charge is -2.21. The van der Waals surface area contributed by atoms with Gasteiger partial charge in [-0.3, -0.25) is 14.5 Å². The van der Waals surface area contributed by atoms with Crippen molar-refractivity contribution in [1.29, 1.82) is 0 Å². The lowest BCUT2D eigenvalue weighted by molar-refractivity contribution is -0.150. The molecule has 0 aliphatic carbocycles. The van der Waals surface area contributed by atoms with E-state index in [1.807, 2.05) is 0 Å². The second-order valence-electron chi connectivity index (χ2n) is 3.98. The van der Waals surface area contributed by atoms with Crippen molar-refractivity contribution in [2.75, 3.05) is 33.4 Å². The van der Waals surface area contributed by atoms with Crippen LogP contribution >= 0.6 is 0 Å². The van der Waals surface area contributed by atoms with Crippen LogP contribution in [0.3, 0.4) is 0 Å². The first-order valence-corrected chi connectivity index (χ1v) is 6.16. The lowest BCUT2D eigenvalue weighted by Crippen LogP contribution is -2.35. The number of rotatable bonds is 9. The number of hydrogen-bond donors (Lipinski definition) is 0. The minimum atomic E-state index is -0.291. The number of likely N-dealkylation sites (N-methyl/N-ethyl adjacent to an activating group) is 1. The number of nitrogens with zero attached hydrogens (tertiary/aromatic N) is 1. The van der Waals surface area contributed by atoms with E-state index >= 15 is 0 Å². The molecule has 0 heterocycles. The molecular formula is C13H23NO4. The van der Waals surface area contributed by atoms with Crippen LogP contribution in [-0.4, -0.2) is 50.2 Å². The van der Waals surface area contributed by atoms with Crippen LogP contribution in [0.1, 0.15) is 20.3 Å². The highest BCUT2D eigenvalue weighted by atomic mass is 16.5. The highest BCUT2D eigenvalue weighted by molar-refractivity contribution is 5.73. The summed E-state index contributed by atoms with van der Waals surface area (Å²) in [6.07, 6.45) is 2.21. The van der Waals surface area contributed by atoms with E-state index in [1.165, 1.54) is 0 Å². The fraction of sp³-hybridized carbons (Fsp3) is 0.692. The first-order chi connectivity index (χ1) is 8.54. The van der Waals surface area contributed by atoms with Gasteiger partial charge in [-0.1, -0.05) is 6.08 Å². The van der Waals surface area contributed by atoms with Crippen molar-refractivity contribution < 1.29 is 19.1 Å². The van der Waals surface area contributed by atoms with Crippen LogP contribution in [0.15, 0.2) is 12.7 Å². The monoisotopic (exact) mass is 257 g/mol. The number of allylic oxidation sites excluding steroid dienone is 1. The van der Waals surface area contributed by atoms with Crippen LogP contribution < -0.4 is 0 Å². The summed E-state index contributed by atoms with van der Waals surface area (Å²) in [5.74, 6) is -0.837. The Hall–Kier alpha value is -1.36. The van der Waals surface area contributed by atoms with Gasteiger partial charge in [-0.15, -0.1) is 6.58 Å². The van der Waals surface area contributed by atoms with Crippen molar-refractivity contribution in [3.05, 3.63) is 12.7 Å². The molecule has 0 rings (SSSR count). The van der Waals surface area contributed by atoms with E-state index in [0.29, 0.717) is 26.2 Å². The van der Waals surface area contributed by atoms with E-state index in [9.17, 15) is 9.59 Å². The molecule has 0 N–H and O–H groups in total. The SMILES string of the molecule is C=CC[C@@H](CN(C)CC(=O)OCC)C(=O)OCC. The molecule has 5 nitrogen and oxygen atoms in total. The Morgan fingerprint density at radius 2 is 1.89 bits per heavy atom. The molecule has 0 unspecified atom stereocenters. The van der Waals surface area contributed by atoms with E-state index in [2.05, 4.69) is 6.58 Å². The smallest absolute Gasteiger partial charge is 0.320 e. The van der Waals surface area contributed by atoms with Gasteiger partial charge in [-0.2, -0.15) is 0 Å². The Kier molecular flexibility index (Phi) is 8.92. The molecule has 0 saturated carbocycles. The summed E-state index contributed by atoms with van der Waals surface area (Å²) >= 11 is 0.